The van der Waals surface area contributed by atoms with E-state index in [4.69, 9.17) is 0 Å². The Labute approximate surface area is 303 Å². The van der Waals surface area contributed by atoms with Crippen LogP contribution in [-0.2, 0) is 20.9 Å². The predicted molar refractivity (Wildman–Crippen MR) is 196 cm³/mol. The number of nitrogens with one attached hydrogen (secondary N) is 3. The van der Waals surface area contributed by atoms with Gasteiger partial charge in [0.05, 0.1) is 24.2 Å². The maximum Gasteiger partial charge on any atom is 0.257 e. The van der Waals surface area contributed by atoms with Crippen LogP contribution in [-0.4, -0.2) is 94.6 Å². The molecular formula is C40H59N7O4. The number of rotatable bonds is 11. The summed E-state index contributed by atoms with van der Waals surface area (Å²) in [6.45, 7) is 14.9. The molecule has 3 N–H and O–H groups in total. The van der Waals surface area contributed by atoms with Gasteiger partial charge in [-0.1, -0.05) is 84.2 Å². The molecule has 1 spiro atoms. The molecule has 3 heterocycles. The summed E-state index contributed by atoms with van der Waals surface area (Å²) in [6, 6.07) is 8.62. The van der Waals surface area contributed by atoms with E-state index in [2.05, 4.69) is 55.7 Å². The van der Waals surface area contributed by atoms with Crippen LogP contribution in [0.25, 0.3) is 0 Å². The van der Waals surface area contributed by atoms with Crippen LogP contribution in [0.1, 0.15) is 96.0 Å². The van der Waals surface area contributed by atoms with Crippen molar-refractivity contribution in [3.8, 4) is 0 Å². The summed E-state index contributed by atoms with van der Waals surface area (Å²) in [4.78, 5) is 59.8. The van der Waals surface area contributed by atoms with E-state index < -0.39 is 17.4 Å². The first-order valence-electron chi connectivity index (χ1n) is 19.1. The zero-order chi connectivity index (χ0) is 36.7. The van der Waals surface area contributed by atoms with E-state index in [1.165, 1.54) is 32.1 Å². The number of carbonyl (C=O) groups excluding carboxylic acids is 4. The number of likely N-dealkylation sites (N-methyl/N-ethyl adjacent to an activating group) is 1. The number of hydrogen-bond acceptors (Lipinski definition) is 6. The van der Waals surface area contributed by atoms with Crippen LogP contribution in [0.15, 0.2) is 42.7 Å². The average molecular weight is 702 g/mol. The number of carbonyl (C=O) groups is 4. The van der Waals surface area contributed by atoms with Crippen LogP contribution in [0, 0.1) is 34.0 Å². The first-order valence-corrected chi connectivity index (χ1v) is 19.1. The Morgan fingerprint density at radius 1 is 1.00 bits per heavy atom. The second-order valence-corrected chi connectivity index (χ2v) is 17.7. The van der Waals surface area contributed by atoms with Gasteiger partial charge in [-0.25, -0.2) is 0 Å². The van der Waals surface area contributed by atoms with E-state index in [1.54, 1.807) is 29.0 Å². The minimum Gasteiger partial charge on any atom is -0.357 e. The fourth-order valence-electron chi connectivity index (χ4n) is 9.39. The minimum absolute atomic E-state index is 0.0296. The second kappa shape index (κ2) is 14.4. The number of benzene rings is 1. The first-order chi connectivity index (χ1) is 24.1. The van der Waals surface area contributed by atoms with Crippen molar-refractivity contribution in [2.75, 3.05) is 33.2 Å². The van der Waals surface area contributed by atoms with Crippen molar-refractivity contribution in [2.24, 2.45) is 34.0 Å². The lowest BCUT2D eigenvalue weighted by molar-refractivity contribution is -0.179. The molecule has 0 bridgehead atoms. The number of aromatic nitrogens is 2. The Balaban J connectivity index is 1.25. The maximum absolute atomic E-state index is 14.6. The lowest BCUT2D eigenvalue weighted by atomic mass is 9.57. The summed E-state index contributed by atoms with van der Waals surface area (Å²) in [7, 11) is 1.59. The van der Waals surface area contributed by atoms with Gasteiger partial charge in [-0.05, 0) is 55.0 Å². The van der Waals surface area contributed by atoms with Crippen LogP contribution in [0.3, 0.4) is 0 Å². The fraction of sp³-hybridized carbons (Fsp3) is 0.675. The smallest absolute Gasteiger partial charge is 0.257 e. The number of likely N-dealkylation sites (tertiary alicyclic amines) is 2. The van der Waals surface area contributed by atoms with Gasteiger partial charge in [0.15, 0.2) is 0 Å². The average Bonchev–Trinajstić information content (AvgIpc) is 3.39. The van der Waals surface area contributed by atoms with Crippen molar-refractivity contribution < 1.29 is 19.2 Å². The third-order valence-corrected chi connectivity index (χ3v) is 12.3. The second-order valence-electron chi connectivity index (χ2n) is 17.7. The summed E-state index contributed by atoms with van der Waals surface area (Å²) in [5.74, 6) is -0.631. The highest BCUT2D eigenvalue weighted by molar-refractivity contribution is 5.96. The first kappa shape index (κ1) is 37.0. The van der Waals surface area contributed by atoms with Crippen molar-refractivity contribution in [2.45, 2.75) is 105 Å². The quantitative estimate of drug-likeness (QED) is 0.324. The molecule has 6 rings (SSSR count). The van der Waals surface area contributed by atoms with Crippen LogP contribution in [0.4, 0.5) is 0 Å². The molecule has 0 radical (unpaired) electrons. The van der Waals surface area contributed by atoms with Gasteiger partial charge in [0, 0.05) is 56.3 Å². The number of hydrogen-bond donors (Lipinski definition) is 3. The van der Waals surface area contributed by atoms with Crippen molar-refractivity contribution >= 4 is 23.6 Å². The third-order valence-electron chi connectivity index (χ3n) is 12.3. The molecule has 2 saturated heterocycles. The van der Waals surface area contributed by atoms with E-state index in [9.17, 15) is 19.2 Å². The summed E-state index contributed by atoms with van der Waals surface area (Å²) < 4.78 is 1.76. The normalized spacial score (nSPS) is 27.1. The maximum atomic E-state index is 14.6. The molecule has 2 aromatic rings. The van der Waals surface area contributed by atoms with E-state index in [0.717, 1.165) is 18.5 Å². The van der Waals surface area contributed by atoms with Gasteiger partial charge >= 0.3 is 0 Å². The molecule has 4 fully saturated rings. The van der Waals surface area contributed by atoms with Crippen molar-refractivity contribution in [1.29, 1.82) is 0 Å². The third kappa shape index (κ3) is 7.59. The van der Waals surface area contributed by atoms with Crippen molar-refractivity contribution in [1.82, 2.24) is 35.5 Å². The van der Waals surface area contributed by atoms with Crippen molar-refractivity contribution in [3.63, 3.8) is 0 Å². The zero-order valence-corrected chi connectivity index (χ0v) is 31.7. The molecule has 2 unspecified atom stereocenters. The highest BCUT2D eigenvalue weighted by Crippen LogP contribution is 2.59. The number of amides is 4. The summed E-state index contributed by atoms with van der Waals surface area (Å²) in [5, 5.41) is 13.9. The highest BCUT2D eigenvalue weighted by atomic mass is 16.2. The molecular weight excluding hydrogens is 642 g/mol. The molecule has 2 saturated carbocycles. The van der Waals surface area contributed by atoms with Crippen LogP contribution >= 0.6 is 0 Å². The van der Waals surface area contributed by atoms with Gasteiger partial charge in [0.2, 0.25) is 17.7 Å². The summed E-state index contributed by atoms with van der Waals surface area (Å²) in [5.41, 5.74) is 0.484. The fourth-order valence-corrected chi connectivity index (χ4v) is 9.39. The summed E-state index contributed by atoms with van der Waals surface area (Å²) in [6.07, 6.45) is 10.3. The monoisotopic (exact) mass is 701 g/mol. The lowest BCUT2D eigenvalue weighted by Gasteiger charge is -2.62. The lowest BCUT2D eigenvalue weighted by Crippen LogP contribution is -2.75. The molecule has 2 aliphatic carbocycles. The molecule has 4 aliphatic rings. The predicted octanol–water partition coefficient (Wildman–Crippen LogP) is 4.08. The Kier molecular flexibility index (Phi) is 10.4. The Bertz CT molecular complexity index is 1590. The molecule has 4 amide bonds. The largest absolute Gasteiger partial charge is 0.357 e. The standard InChI is InChI=1S/C40H59N7O4/c1-26(42-19-27-14-10-8-11-15-27)32(34(49)41-7)44-33(48)31-23-45(35(50)29-20-43-46(22-29)21-28-16-12-9-13-17-28)24-40(31)25-47(37(40)38(2,3)4)36(51)30-18-39(30,5)6/h9,12-13,16-17,20,22,26-27,30-32,37,42H,8,10-11,14-15,18-19,21,23-25H2,1-7H3,(H,41,49)(H,44,48)/t26-,30-,31?,32+,37+,40?/m1/s1. The van der Waals surface area contributed by atoms with Gasteiger partial charge in [-0.15, -0.1) is 0 Å². The molecule has 51 heavy (non-hydrogen) atoms. The molecule has 1 aromatic heterocycles. The van der Waals surface area contributed by atoms with Gasteiger partial charge in [0.1, 0.15) is 6.04 Å². The van der Waals surface area contributed by atoms with Gasteiger partial charge < -0.3 is 25.8 Å². The molecule has 2 aliphatic heterocycles. The van der Waals surface area contributed by atoms with Crippen LogP contribution in [0.2, 0.25) is 0 Å². The Hall–Kier alpha value is -3.73. The van der Waals surface area contributed by atoms with Crippen LogP contribution in [0.5, 0.6) is 0 Å². The van der Waals surface area contributed by atoms with E-state index in [0.29, 0.717) is 31.1 Å². The van der Waals surface area contributed by atoms with Crippen molar-refractivity contribution in [3.05, 3.63) is 53.9 Å². The summed E-state index contributed by atoms with van der Waals surface area (Å²) >= 11 is 0. The number of nitrogens with zero attached hydrogens (tertiary/aromatic N) is 4. The molecule has 278 valence electrons. The van der Waals surface area contributed by atoms with Gasteiger partial charge in [0.25, 0.3) is 5.91 Å². The molecule has 11 nitrogen and oxygen atoms in total. The minimum atomic E-state index is -0.790. The molecule has 1 aromatic carbocycles. The highest BCUT2D eigenvalue weighted by Gasteiger charge is 2.69. The molecule has 11 heteroatoms. The van der Waals surface area contributed by atoms with Gasteiger partial charge in [-0.2, -0.15) is 5.10 Å². The SMILES string of the molecule is CNC(=O)[C@@H](NC(=O)C1CN(C(=O)c2cnn(Cc3ccccc3)c2)CC12CN(C(=O)[C@H]1CC1(C)C)[C@H]2C(C)(C)C)[C@@H](C)NCC1CCCCC1. The van der Waals surface area contributed by atoms with E-state index in [-0.39, 0.29) is 59.0 Å². The van der Waals surface area contributed by atoms with E-state index >= 15 is 0 Å². The Morgan fingerprint density at radius 3 is 2.31 bits per heavy atom. The topological polar surface area (TPSA) is 129 Å². The zero-order valence-electron chi connectivity index (χ0n) is 31.7. The Morgan fingerprint density at radius 2 is 1.69 bits per heavy atom. The van der Waals surface area contributed by atoms with Gasteiger partial charge in [-0.3, -0.25) is 23.9 Å². The van der Waals surface area contributed by atoms with Crippen LogP contribution < -0.4 is 16.0 Å². The molecule has 6 atom stereocenters. The van der Waals surface area contributed by atoms with E-state index in [1.807, 2.05) is 42.2 Å².